The van der Waals surface area contributed by atoms with Gasteiger partial charge in [-0.1, -0.05) is 24.3 Å². The van der Waals surface area contributed by atoms with Crippen molar-refractivity contribution in [2.24, 2.45) is 0 Å². The van der Waals surface area contributed by atoms with Crippen LogP contribution in [0.15, 0.2) is 48.5 Å². The summed E-state index contributed by atoms with van der Waals surface area (Å²) in [5, 5.41) is 12.6. The van der Waals surface area contributed by atoms with Gasteiger partial charge in [0.2, 0.25) is 0 Å². The molecule has 0 radical (unpaired) electrons. The summed E-state index contributed by atoms with van der Waals surface area (Å²) in [7, 11) is 0. The average Bonchev–Trinajstić information content (AvgIpc) is 3.14. The van der Waals surface area contributed by atoms with Crippen LogP contribution in [0.4, 0.5) is 0 Å². The number of allylic oxidation sites excluding steroid dienone is 1. The second-order valence-electron chi connectivity index (χ2n) is 6.36. The number of amides is 1. The van der Waals surface area contributed by atoms with Gasteiger partial charge < -0.3 is 15.2 Å². The zero-order valence-corrected chi connectivity index (χ0v) is 16.9. The molecule has 0 aliphatic heterocycles. The second kappa shape index (κ2) is 9.84. The predicted octanol–water partition coefficient (Wildman–Crippen LogP) is 4.22. The Bertz CT molecular complexity index is 992. The van der Waals surface area contributed by atoms with E-state index in [4.69, 9.17) is 9.84 Å². The molecule has 0 fully saturated rings. The molecule has 0 spiro atoms. The molecule has 6 nitrogen and oxygen atoms in total. The SMILES string of the molecule is CCNC(=O)COc1ccc(/C=C(/CCC(=O)O)c2nc3ccccc3s2)cc1. The Morgan fingerprint density at radius 3 is 2.59 bits per heavy atom. The number of hydrogen-bond donors (Lipinski definition) is 2. The van der Waals surface area contributed by atoms with Crippen molar-refractivity contribution in [2.75, 3.05) is 13.2 Å². The second-order valence-corrected chi connectivity index (χ2v) is 7.39. The van der Waals surface area contributed by atoms with E-state index in [9.17, 15) is 9.59 Å². The van der Waals surface area contributed by atoms with E-state index in [1.54, 1.807) is 23.5 Å². The number of fused-ring (bicyclic) bond motifs is 1. The van der Waals surface area contributed by atoms with Crippen molar-refractivity contribution in [3.8, 4) is 5.75 Å². The van der Waals surface area contributed by atoms with Crippen molar-refractivity contribution in [1.29, 1.82) is 0 Å². The summed E-state index contributed by atoms with van der Waals surface area (Å²) in [5.74, 6) is -0.408. The van der Waals surface area contributed by atoms with E-state index in [2.05, 4.69) is 10.3 Å². The highest BCUT2D eigenvalue weighted by molar-refractivity contribution is 7.19. The molecule has 7 heteroatoms. The van der Waals surface area contributed by atoms with Crippen LogP contribution in [-0.4, -0.2) is 35.1 Å². The minimum atomic E-state index is -0.842. The standard InChI is InChI=1S/C22H22N2O4S/c1-2-23-20(25)14-28-17-10-7-15(8-11-17)13-16(9-12-21(26)27)22-24-18-5-3-4-6-19(18)29-22/h3-8,10-11,13H,2,9,12,14H2,1H3,(H,23,25)(H,26,27)/b16-13-. The molecule has 1 aromatic heterocycles. The van der Waals surface area contributed by atoms with Crippen LogP contribution in [0.5, 0.6) is 5.75 Å². The maximum atomic E-state index is 11.5. The average molecular weight is 410 g/mol. The molecule has 0 saturated heterocycles. The minimum Gasteiger partial charge on any atom is -0.484 e. The van der Waals surface area contributed by atoms with Crippen LogP contribution < -0.4 is 10.1 Å². The van der Waals surface area contributed by atoms with Gasteiger partial charge >= 0.3 is 5.97 Å². The molecule has 0 aliphatic carbocycles. The summed E-state index contributed by atoms with van der Waals surface area (Å²) in [4.78, 5) is 27.2. The van der Waals surface area contributed by atoms with Gasteiger partial charge in [-0.25, -0.2) is 4.98 Å². The smallest absolute Gasteiger partial charge is 0.303 e. The zero-order valence-electron chi connectivity index (χ0n) is 16.1. The number of nitrogens with zero attached hydrogens (tertiary/aromatic N) is 1. The highest BCUT2D eigenvalue weighted by Gasteiger charge is 2.11. The summed E-state index contributed by atoms with van der Waals surface area (Å²) >= 11 is 1.55. The molecule has 0 saturated carbocycles. The van der Waals surface area contributed by atoms with E-state index in [1.807, 2.05) is 49.4 Å². The topological polar surface area (TPSA) is 88.5 Å². The number of nitrogens with one attached hydrogen (secondary N) is 1. The van der Waals surface area contributed by atoms with Crippen molar-refractivity contribution in [3.63, 3.8) is 0 Å². The number of aliphatic carboxylic acids is 1. The van der Waals surface area contributed by atoms with Crippen LogP contribution >= 0.6 is 11.3 Å². The number of carbonyl (C=O) groups excluding carboxylic acids is 1. The van der Waals surface area contributed by atoms with E-state index >= 15 is 0 Å². The Hall–Kier alpha value is -3.19. The maximum absolute atomic E-state index is 11.5. The van der Waals surface area contributed by atoms with Crippen LogP contribution in [0, 0.1) is 0 Å². The number of carbonyl (C=O) groups is 2. The van der Waals surface area contributed by atoms with E-state index in [1.165, 1.54) is 0 Å². The quantitative estimate of drug-likeness (QED) is 0.551. The van der Waals surface area contributed by atoms with Crippen molar-refractivity contribution < 1.29 is 19.4 Å². The number of carboxylic acids is 1. The molecule has 0 atom stereocenters. The third kappa shape index (κ3) is 5.89. The maximum Gasteiger partial charge on any atom is 0.303 e. The van der Waals surface area contributed by atoms with Gasteiger partial charge in [-0.2, -0.15) is 0 Å². The first-order valence-electron chi connectivity index (χ1n) is 9.33. The highest BCUT2D eigenvalue weighted by atomic mass is 32.1. The van der Waals surface area contributed by atoms with Gasteiger partial charge in [0.1, 0.15) is 10.8 Å². The van der Waals surface area contributed by atoms with Crippen molar-refractivity contribution in [1.82, 2.24) is 10.3 Å². The van der Waals surface area contributed by atoms with Gasteiger partial charge in [-0.15, -0.1) is 11.3 Å². The lowest BCUT2D eigenvalue weighted by molar-refractivity contribution is -0.136. The lowest BCUT2D eigenvalue weighted by atomic mass is 10.1. The van der Waals surface area contributed by atoms with Crippen molar-refractivity contribution >= 4 is 45.1 Å². The number of rotatable bonds is 9. The molecule has 1 heterocycles. The molecular formula is C22H22N2O4S. The number of carboxylic acid groups (broad SMARTS) is 1. The van der Waals surface area contributed by atoms with E-state index < -0.39 is 5.97 Å². The Morgan fingerprint density at radius 1 is 1.14 bits per heavy atom. The fourth-order valence-electron chi connectivity index (χ4n) is 2.75. The number of benzene rings is 2. The summed E-state index contributed by atoms with van der Waals surface area (Å²) in [6.45, 7) is 2.39. The molecule has 0 aliphatic rings. The van der Waals surface area contributed by atoms with Gasteiger partial charge in [0.25, 0.3) is 5.91 Å². The number of para-hydroxylation sites is 1. The van der Waals surface area contributed by atoms with Crippen LogP contribution in [0.2, 0.25) is 0 Å². The molecule has 0 unspecified atom stereocenters. The normalized spacial score (nSPS) is 11.4. The number of ether oxygens (including phenoxy) is 1. The molecule has 150 valence electrons. The fourth-order valence-corrected chi connectivity index (χ4v) is 3.76. The van der Waals surface area contributed by atoms with Crippen molar-refractivity contribution in [2.45, 2.75) is 19.8 Å². The molecule has 1 amide bonds. The molecule has 0 bridgehead atoms. The molecular weight excluding hydrogens is 388 g/mol. The number of thiazole rings is 1. The number of hydrogen-bond acceptors (Lipinski definition) is 5. The van der Waals surface area contributed by atoms with E-state index in [-0.39, 0.29) is 18.9 Å². The lowest BCUT2D eigenvalue weighted by Crippen LogP contribution is -2.28. The third-order valence-corrected chi connectivity index (χ3v) is 5.25. The van der Waals surface area contributed by atoms with Gasteiger partial charge in [0.05, 0.1) is 10.2 Å². The summed E-state index contributed by atoms with van der Waals surface area (Å²) < 4.78 is 6.53. The van der Waals surface area contributed by atoms with Crippen LogP contribution in [0.3, 0.4) is 0 Å². The highest BCUT2D eigenvalue weighted by Crippen LogP contribution is 2.31. The predicted molar refractivity (Wildman–Crippen MR) is 115 cm³/mol. The van der Waals surface area contributed by atoms with Gasteiger partial charge in [-0.3, -0.25) is 9.59 Å². The monoisotopic (exact) mass is 410 g/mol. The van der Waals surface area contributed by atoms with Crippen molar-refractivity contribution in [3.05, 3.63) is 59.1 Å². The minimum absolute atomic E-state index is 0.0292. The summed E-state index contributed by atoms with van der Waals surface area (Å²) in [5.41, 5.74) is 2.70. The largest absolute Gasteiger partial charge is 0.484 e. The van der Waals surface area contributed by atoms with Crippen LogP contribution in [-0.2, 0) is 9.59 Å². The first-order chi connectivity index (χ1) is 14.0. The Morgan fingerprint density at radius 2 is 1.90 bits per heavy atom. The third-order valence-electron chi connectivity index (χ3n) is 4.14. The van der Waals surface area contributed by atoms with Gasteiger partial charge in [0.15, 0.2) is 6.61 Å². The van der Waals surface area contributed by atoms with E-state index in [0.29, 0.717) is 18.7 Å². The van der Waals surface area contributed by atoms with Gasteiger partial charge in [0, 0.05) is 13.0 Å². The summed E-state index contributed by atoms with van der Waals surface area (Å²) in [6.07, 6.45) is 2.38. The molecule has 29 heavy (non-hydrogen) atoms. The van der Waals surface area contributed by atoms with Crippen LogP contribution in [0.1, 0.15) is 30.3 Å². The van der Waals surface area contributed by atoms with Gasteiger partial charge in [-0.05, 0) is 54.8 Å². The molecule has 3 rings (SSSR count). The number of likely N-dealkylation sites (N-methyl/N-ethyl adjacent to an activating group) is 1. The van der Waals surface area contributed by atoms with Crippen LogP contribution in [0.25, 0.3) is 21.9 Å². The Labute approximate surface area is 172 Å². The fraction of sp³-hybridized carbons (Fsp3) is 0.227. The number of aromatic nitrogens is 1. The lowest BCUT2D eigenvalue weighted by Gasteiger charge is -2.07. The van der Waals surface area contributed by atoms with E-state index in [0.717, 1.165) is 26.4 Å². The first-order valence-corrected chi connectivity index (χ1v) is 10.1. The zero-order chi connectivity index (χ0) is 20.6. The summed E-state index contributed by atoms with van der Waals surface area (Å²) in [6, 6.07) is 15.2. The Kier molecular flexibility index (Phi) is 6.97. The molecule has 3 aromatic rings. The Balaban J connectivity index is 1.79. The first kappa shape index (κ1) is 20.5. The molecule has 2 aromatic carbocycles. The molecule has 2 N–H and O–H groups in total.